The molecule has 1 saturated heterocycles. The zero-order valence-electron chi connectivity index (χ0n) is 11.7. The van der Waals surface area contributed by atoms with Crippen LogP contribution in [0.1, 0.15) is 35.2 Å². The Balaban J connectivity index is 1.74. The van der Waals surface area contributed by atoms with Crippen LogP contribution in [0.5, 0.6) is 0 Å². The van der Waals surface area contributed by atoms with Gasteiger partial charge in [-0.25, -0.2) is 8.42 Å². The van der Waals surface area contributed by atoms with Gasteiger partial charge in [-0.05, 0) is 43.4 Å². The second kappa shape index (κ2) is 6.72. The molecule has 112 valence electrons. The van der Waals surface area contributed by atoms with E-state index in [4.69, 9.17) is 5.26 Å². The van der Waals surface area contributed by atoms with Gasteiger partial charge < -0.3 is 5.32 Å². The topological polar surface area (TPSA) is 87.0 Å². The lowest BCUT2D eigenvalue weighted by Gasteiger charge is -2.08. The van der Waals surface area contributed by atoms with Gasteiger partial charge in [-0.1, -0.05) is 6.07 Å². The van der Waals surface area contributed by atoms with Crippen LogP contribution < -0.4 is 5.32 Å². The number of rotatable bonds is 5. The number of nitrogens with zero attached hydrogens (tertiary/aromatic N) is 1. The maximum atomic E-state index is 11.9. The predicted molar refractivity (Wildman–Crippen MR) is 79.5 cm³/mol. The van der Waals surface area contributed by atoms with E-state index >= 15 is 0 Å². The van der Waals surface area contributed by atoms with Gasteiger partial charge in [0.1, 0.15) is 0 Å². The van der Waals surface area contributed by atoms with Gasteiger partial charge in [-0.2, -0.15) is 5.26 Å². The van der Waals surface area contributed by atoms with Crippen molar-refractivity contribution in [1.29, 1.82) is 5.26 Å². The second-order valence-electron chi connectivity index (χ2n) is 5.36. The molecule has 1 N–H and O–H groups in total. The molecule has 5 nitrogen and oxygen atoms in total. The number of benzene rings is 1. The number of nitrogens with one attached hydrogen (secondary N) is 1. The summed E-state index contributed by atoms with van der Waals surface area (Å²) in [6.07, 6.45) is 2.32. The number of carbonyl (C=O) groups is 1. The van der Waals surface area contributed by atoms with E-state index in [-0.39, 0.29) is 17.6 Å². The largest absolute Gasteiger partial charge is 0.352 e. The molecule has 0 aliphatic carbocycles. The summed E-state index contributed by atoms with van der Waals surface area (Å²) in [7, 11) is -2.82. The fourth-order valence-corrected chi connectivity index (χ4v) is 4.44. The Morgan fingerprint density at radius 2 is 2.24 bits per heavy atom. The van der Waals surface area contributed by atoms with Crippen molar-refractivity contribution in [2.75, 3.05) is 18.1 Å². The SMILES string of the molecule is N#Cc1cccc(C(=O)NCCCC2CCS(=O)(=O)C2)c1. The van der Waals surface area contributed by atoms with Gasteiger partial charge in [-0.15, -0.1) is 0 Å². The highest BCUT2D eigenvalue weighted by atomic mass is 32.2. The lowest BCUT2D eigenvalue weighted by Crippen LogP contribution is -2.25. The van der Waals surface area contributed by atoms with E-state index in [0.29, 0.717) is 23.4 Å². The molecule has 0 aromatic heterocycles. The highest BCUT2D eigenvalue weighted by molar-refractivity contribution is 7.91. The van der Waals surface area contributed by atoms with Gasteiger partial charge in [0, 0.05) is 12.1 Å². The number of amides is 1. The minimum absolute atomic E-state index is 0.203. The molecule has 1 heterocycles. The van der Waals surface area contributed by atoms with Gasteiger partial charge >= 0.3 is 0 Å². The molecule has 1 aliphatic heterocycles. The van der Waals surface area contributed by atoms with Crippen LogP contribution in [-0.4, -0.2) is 32.4 Å². The smallest absolute Gasteiger partial charge is 0.251 e. The predicted octanol–water partition coefficient (Wildman–Crippen LogP) is 1.50. The van der Waals surface area contributed by atoms with Crippen molar-refractivity contribution in [2.45, 2.75) is 19.3 Å². The van der Waals surface area contributed by atoms with Crippen LogP contribution >= 0.6 is 0 Å². The third-order valence-corrected chi connectivity index (χ3v) is 5.49. The Morgan fingerprint density at radius 1 is 1.43 bits per heavy atom. The van der Waals surface area contributed by atoms with Crippen molar-refractivity contribution in [1.82, 2.24) is 5.32 Å². The molecule has 0 radical (unpaired) electrons. The molecule has 1 fully saturated rings. The molecule has 1 atom stereocenters. The molecule has 2 rings (SSSR count). The van der Waals surface area contributed by atoms with Crippen molar-refractivity contribution in [3.63, 3.8) is 0 Å². The Bertz CT molecular complexity index is 662. The fraction of sp³-hybridized carbons (Fsp3) is 0.467. The number of hydrogen-bond donors (Lipinski definition) is 1. The van der Waals surface area contributed by atoms with E-state index < -0.39 is 9.84 Å². The average molecular weight is 306 g/mol. The first-order valence-corrected chi connectivity index (χ1v) is 8.81. The van der Waals surface area contributed by atoms with E-state index in [1.54, 1.807) is 24.3 Å². The summed E-state index contributed by atoms with van der Waals surface area (Å²) in [6.45, 7) is 0.520. The summed E-state index contributed by atoms with van der Waals surface area (Å²) >= 11 is 0. The van der Waals surface area contributed by atoms with Crippen LogP contribution in [-0.2, 0) is 9.84 Å². The molecule has 0 bridgehead atoms. The van der Waals surface area contributed by atoms with Crippen molar-refractivity contribution in [3.05, 3.63) is 35.4 Å². The fourth-order valence-electron chi connectivity index (χ4n) is 2.52. The van der Waals surface area contributed by atoms with Crippen LogP contribution in [0.4, 0.5) is 0 Å². The maximum Gasteiger partial charge on any atom is 0.251 e. The lowest BCUT2D eigenvalue weighted by atomic mass is 10.0. The first kappa shape index (κ1) is 15.5. The Labute approximate surface area is 124 Å². The van der Waals surface area contributed by atoms with Crippen LogP contribution in [0.3, 0.4) is 0 Å². The average Bonchev–Trinajstić information content (AvgIpc) is 2.82. The molecule has 1 aliphatic rings. The summed E-state index contributed by atoms with van der Waals surface area (Å²) in [4.78, 5) is 11.9. The molecular weight excluding hydrogens is 288 g/mol. The number of sulfone groups is 1. The van der Waals surface area contributed by atoms with E-state index in [1.807, 2.05) is 6.07 Å². The third kappa shape index (κ3) is 4.57. The summed E-state index contributed by atoms with van der Waals surface area (Å²) in [5.74, 6) is 0.607. The standard InChI is InChI=1S/C15H18N2O3S/c16-10-13-3-1-5-14(9-13)15(18)17-7-2-4-12-6-8-21(19,20)11-12/h1,3,5,9,12H,2,4,6-8,11H2,(H,17,18). The van der Waals surface area contributed by atoms with Gasteiger partial charge in [0.25, 0.3) is 5.91 Å². The second-order valence-corrected chi connectivity index (χ2v) is 7.59. The molecule has 1 aromatic rings. The first-order valence-electron chi connectivity index (χ1n) is 6.99. The van der Waals surface area contributed by atoms with E-state index in [9.17, 15) is 13.2 Å². The number of nitriles is 1. The van der Waals surface area contributed by atoms with E-state index in [2.05, 4.69) is 5.32 Å². The Morgan fingerprint density at radius 3 is 2.90 bits per heavy atom. The molecule has 1 aromatic carbocycles. The monoisotopic (exact) mass is 306 g/mol. The molecular formula is C15H18N2O3S. The summed E-state index contributed by atoms with van der Waals surface area (Å²) < 4.78 is 22.7. The minimum Gasteiger partial charge on any atom is -0.352 e. The Kier molecular flexibility index (Phi) is 4.97. The van der Waals surface area contributed by atoms with Crippen LogP contribution in [0.2, 0.25) is 0 Å². The van der Waals surface area contributed by atoms with Gasteiger partial charge in [0.2, 0.25) is 0 Å². The van der Waals surface area contributed by atoms with Crippen molar-refractivity contribution < 1.29 is 13.2 Å². The number of carbonyl (C=O) groups excluding carboxylic acids is 1. The van der Waals surface area contributed by atoms with Crippen molar-refractivity contribution in [3.8, 4) is 6.07 Å². The maximum absolute atomic E-state index is 11.9. The number of hydrogen-bond acceptors (Lipinski definition) is 4. The Hall–Kier alpha value is -1.87. The zero-order valence-corrected chi connectivity index (χ0v) is 12.5. The first-order chi connectivity index (χ1) is 10.00. The van der Waals surface area contributed by atoms with Crippen molar-refractivity contribution in [2.24, 2.45) is 5.92 Å². The molecule has 0 spiro atoms. The van der Waals surface area contributed by atoms with E-state index in [0.717, 1.165) is 19.3 Å². The zero-order chi connectivity index (χ0) is 15.3. The molecule has 1 amide bonds. The van der Waals surface area contributed by atoms with Crippen LogP contribution in [0.25, 0.3) is 0 Å². The van der Waals surface area contributed by atoms with Gasteiger partial charge in [0.15, 0.2) is 9.84 Å². The normalized spacial score (nSPS) is 19.9. The van der Waals surface area contributed by atoms with Gasteiger partial charge in [0.05, 0.1) is 23.1 Å². The molecule has 0 saturated carbocycles. The molecule has 1 unspecified atom stereocenters. The molecule has 21 heavy (non-hydrogen) atoms. The highest BCUT2D eigenvalue weighted by Crippen LogP contribution is 2.22. The minimum atomic E-state index is -2.82. The van der Waals surface area contributed by atoms with Crippen molar-refractivity contribution >= 4 is 15.7 Å². The molecule has 6 heteroatoms. The summed E-state index contributed by atoms with van der Waals surface area (Å²) in [5, 5.41) is 11.6. The van der Waals surface area contributed by atoms with Crippen LogP contribution in [0, 0.1) is 17.2 Å². The highest BCUT2D eigenvalue weighted by Gasteiger charge is 2.27. The van der Waals surface area contributed by atoms with Crippen LogP contribution in [0.15, 0.2) is 24.3 Å². The summed E-state index contributed by atoms with van der Waals surface area (Å²) in [6, 6.07) is 8.55. The quantitative estimate of drug-likeness (QED) is 0.835. The lowest BCUT2D eigenvalue weighted by molar-refractivity contribution is 0.0952. The van der Waals surface area contributed by atoms with Gasteiger partial charge in [-0.3, -0.25) is 4.79 Å². The van der Waals surface area contributed by atoms with E-state index in [1.165, 1.54) is 0 Å². The summed E-state index contributed by atoms with van der Waals surface area (Å²) in [5.41, 5.74) is 0.927. The third-order valence-electron chi connectivity index (χ3n) is 3.66.